The zero-order chi connectivity index (χ0) is 55.7. The standard InChI is InChI=1S/C71H128O6/c1-4-7-10-13-16-19-22-25-28-30-32-33-34-35-36-37-39-40-43-46-49-52-55-58-61-64-70(73)76-67-68(66-75-69(72)63-60-57-54-51-48-45-42-27-24-21-18-15-12-9-6-3)77-71(74)65-62-59-56-53-50-47-44-41-38-31-29-26-23-20-17-14-11-8-5-2/h7,10,16,19,25,28,32-33,35-36,68H,4-6,8-9,11-15,17-18,20-24,26-27,29-31,34,37-67H2,1-3H3/b10-7-,19-16-,28-25-,33-32-,36-35-. The zero-order valence-corrected chi connectivity index (χ0v) is 51.5. The first-order valence-electron chi connectivity index (χ1n) is 33.8. The Labute approximate surface area is 479 Å². The maximum absolute atomic E-state index is 12.9. The van der Waals surface area contributed by atoms with Gasteiger partial charge in [-0.3, -0.25) is 14.4 Å². The van der Waals surface area contributed by atoms with E-state index in [1.807, 2.05) is 0 Å². The molecule has 0 aromatic heterocycles. The lowest BCUT2D eigenvalue weighted by Crippen LogP contribution is -2.30. The van der Waals surface area contributed by atoms with Crippen LogP contribution in [0.15, 0.2) is 60.8 Å². The van der Waals surface area contributed by atoms with Crippen LogP contribution in [-0.2, 0) is 28.6 Å². The molecule has 0 aliphatic rings. The minimum absolute atomic E-state index is 0.0703. The quantitative estimate of drug-likeness (QED) is 0.0261. The van der Waals surface area contributed by atoms with Crippen molar-refractivity contribution < 1.29 is 28.6 Å². The smallest absolute Gasteiger partial charge is 0.306 e. The number of hydrogen-bond acceptors (Lipinski definition) is 6. The van der Waals surface area contributed by atoms with Gasteiger partial charge in [-0.25, -0.2) is 0 Å². The summed E-state index contributed by atoms with van der Waals surface area (Å²) in [5, 5.41) is 0. The molecule has 6 nitrogen and oxygen atoms in total. The van der Waals surface area contributed by atoms with Crippen LogP contribution in [0.1, 0.15) is 355 Å². The Bertz CT molecular complexity index is 1380. The van der Waals surface area contributed by atoms with Gasteiger partial charge in [0.15, 0.2) is 6.10 Å². The van der Waals surface area contributed by atoms with E-state index in [4.69, 9.17) is 14.2 Å². The van der Waals surface area contributed by atoms with E-state index in [2.05, 4.69) is 81.5 Å². The molecular formula is C71H128O6. The molecular weight excluding hydrogens is 949 g/mol. The first-order valence-corrected chi connectivity index (χ1v) is 33.8. The number of ether oxygens (including phenoxy) is 3. The molecule has 0 spiro atoms. The Morgan fingerprint density at radius 2 is 0.506 bits per heavy atom. The van der Waals surface area contributed by atoms with Crippen molar-refractivity contribution in [3.05, 3.63) is 60.8 Å². The molecule has 0 fully saturated rings. The van der Waals surface area contributed by atoms with Gasteiger partial charge in [0.05, 0.1) is 0 Å². The Hall–Kier alpha value is -2.89. The highest BCUT2D eigenvalue weighted by atomic mass is 16.6. The molecule has 0 aliphatic carbocycles. The van der Waals surface area contributed by atoms with Crippen LogP contribution in [0.2, 0.25) is 0 Å². The van der Waals surface area contributed by atoms with Crippen LogP contribution in [0.3, 0.4) is 0 Å². The largest absolute Gasteiger partial charge is 0.462 e. The van der Waals surface area contributed by atoms with Gasteiger partial charge in [-0.2, -0.15) is 0 Å². The van der Waals surface area contributed by atoms with E-state index in [0.717, 1.165) is 96.3 Å². The summed E-state index contributed by atoms with van der Waals surface area (Å²) in [5.41, 5.74) is 0. The summed E-state index contributed by atoms with van der Waals surface area (Å²) in [5.74, 6) is -0.851. The highest BCUT2D eigenvalue weighted by Gasteiger charge is 2.19. The normalized spacial score (nSPS) is 12.4. The fraction of sp³-hybridized carbons (Fsp3) is 0.817. The van der Waals surface area contributed by atoms with E-state index in [1.54, 1.807) is 0 Å². The van der Waals surface area contributed by atoms with Gasteiger partial charge in [0.2, 0.25) is 0 Å². The minimum Gasteiger partial charge on any atom is -0.462 e. The molecule has 448 valence electrons. The third kappa shape index (κ3) is 63.8. The van der Waals surface area contributed by atoms with E-state index in [9.17, 15) is 14.4 Å². The summed E-state index contributed by atoms with van der Waals surface area (Å²) in [7, 11) is 0. The van der Waals surface area contributed by atoms with E-state index in [-0.39, 0.29) is 31.1 Å². The number of hydrogen-bond donors (Lipinski definition) is 0. The second-order valence-corrected chi connectivity index (χ2v) is 22.7. The molecule has 0 amide bonds. The average molecular weight is 1080 g/mol. The van der Waals surface area contributed by atoms with Gasteiger partial charge in [0.25, 0.3) is 0 Å². The molecule has 0 heterocycles. The number of allylic oxidation sites excluding steroid dienone is 10. The van der Waals surface area contributed by atoms with Crippen molar-refractivity contribution in [2.24, 2.45) is 0 Å². The summed E-state index contributed by atoms with van der Waals surface area (Å²) < 4.78 is 17.0. The summed E-state index contributed by atoms with van der Waals surface area (Å²) in [6.45, 7) is 6.59. The minimum atomic E-state index is -0.774. The van der Waals surface area contributed by atoms with Crippen LogP contribution >= 0.6 is 0 Å². The van der Waals surface area contributed by atoms with Crippen molar-refractivity contribution in [3.63, 3.8) is 0 Å². The number of unbranched alkanes of at least 4 members (excludes halogenated alkanes) is 41. The number of esters is 3. The van der Waals surface area contributed by atoms with Crippen LogP contribution < -0.4 is 0 Å². The molecule has 0 aliphatic heterocycles. The Morgan fingerprint density at radius 1 is 0.273 bits per heavy atom. The van der Waals surface area contributed by atoms with Gasteiger partial charge in [0.1, 0.15) is 13.2 Å². The van der Waals surface area contributed by atoms with Crippen molar-refractivity contribution in [1.29, 1.82) is 0 Å². The lowest BCUT2D eigenvalue weighted by atomic mass is 10.0. The van der Waals surface area contributed by atoms with Crippen LogP contribution in [-0.4, -0.2) is 37.2 Å². The van der Waals surface area contributed by atoms with Gasteiger partial charge >= 0.3 is 17.9 Å². The van der Waals surface area contributed by atoms with Crippen molar-refractivity contribution in [2.45, 2.75) is 361 Å². The lowest BCUT2D eigenvalue weighted by molar-refractivity contribution is -0.167. The molecule has 0 N–H and O–H groups in total. The maximum atomic E-state index is 12.9. The fourth-order valence-corrected chi connectivity index (χ4v) is 10.0. The topological polar surface area (TPSA) is 78.9 Å². The van der Waals surface area contributed by atoms with Crippen molar-refractivity contribution in [1.82, 2.24) is 0 Å². The first-order chi connectivity index (χ1) is 38.0. The van der Waals surface area contributed by atoms with Crippen LogP contribution in [0.5, 0.6) is 0 Å². The molecule has 0 aromatic rings. The van der Waals surface area contributed by atoms with E-state index >= 15 is 0 Å². The Balaban J connectivity index is 4.31. The molecule has 0 saturated heterocycles. The van der Waals surface area contributed by atoms with Crippen molar-refractivity contribution >= 4 is 17.9 Å². The average Bonchev–Trinajstić information content (AvgIpc) is 3.43. The monoisotopic (exact) mass is 1080 g/mol. The lowest BCUT2D eigenvalue weighted by Gasteiger charge is -2.18. The SMILES string of the molecule is CC/C=C\C/C=C\C/C=C\C/C=C\C/C=C\CCCCCCCCCCCC(=O)OCC(COC(=O)CCCCCCCCCCCCCCCCC)OC(=O)CCCCCCCCCCCCCCCCCCCCC. The van der Waals surface area contributed by atoms with Gasteiger partial charge < -0.3 is 14.2 Å². The Morgan fingerprint density at radius 3 is 0.792 bits per heavy atom. The molecule has 1 atom stereocenters. The molecule has 6 heteroatoms. The second kappa shape index (κ2) is 65.6. The molecule has 0 rings (SSSR count). The van der Waals surface area contributed by atoms with E-state index in [1.165, 1.54) is 218 Å². The Kier molecular flexibility index (Phi) is 63.2. The molecule has 0 saturated carbocycles. The summed E-state index contributed by atoms with van der Waals surface area (Å²) in [4.78, 5) is 38.4. The van der Waals surface area contributed by atoms with E-state index in [0.29, 0.717) is 19.3 Å². The van der Waals surface area contributed by atoms with Crippen LogP contribution in [0, 0.1) is 0 Å². The van der Waals surface area contributed by atoms with E-state index < -0.39 is 6.10 Å². The number of carbonyl (C=O) groups excluding carboxylic acids is 3. The van der Waals surface area contributed by atoms with Gasteiger partial charge in [-0.15, -0.1) is 0 Å². The molecule has 1 unspecified atom stereocenters. The molecule has 77 heavy (non-hydrogen) atoms. The van der Waals surface area contributed by atoms with Gasteiger partial charge in [-0.1, -0.05) is 332 Å². The highest BCUT2D eigenvalue weighted by molar-refractivity contribution is 5.71. The molecule has 0 aromatic carbocycles. The summed E-state index contributed by atoms with van der Waals surface area (Å²) >= 11 is 0. The van der Waals surface area contributed by atoms with Crippen LogP contribution in [0.25, 0.3) is 0 Å². The number of rotatable bonds is 62. The predicted molar refractivity (Wildman–Crippen MR) is 335 cm³/mol. The van der Waals surface area contributed by atoms with Crippen molar-refractivity contribution in [3.8, 4) is 0 Å². The molecule has 0 bridgehead atoms. The third-order valence-corrected chi connectivity index (χ3v) is 15.0. The second-order valence-electron chi connectivity index (χ2n) is 22.7. The van der Waals surface area contributed by atoms with Gasteiger partial charge in [0, 0.05) is 19.3 Å². The van der Waals surface area contributed by atoms with Gasteiger partial charge in [-0.05, 0) is 64.2 Å². The zero-order valence-electron chi connectivity index (χ0n) is 51.5. The van der Waals surface area contributed by atoms with Crippen molar-refractivity contribution in [2.75, 3.05) is 13.2 Å². The summed E-state index contributed by atoms with van der Waals surface area (Å²) in [6.07, 6.45) is 83.7. The highest BCUT2D eigenvalue weighted by Crippen LogP contribution is 2.18. The predicted octanol–water partition coefficient (Wildman–Crippen LogP) is 23.1. The third-order valence-electron chi connectivity index (χ3n) is 15.0. The molecule has 0 radical (unpaired) electrons. The summed E-state index contributed by atoms with van der Waals surface area (Å²) in [6, 6.07) is 0. The number of carbonyl (C=O) groups is 3. The first kappa shape index (κ1) is 74.1. The van der Waals surface area contributed by atoms with Crippen LogP contribution in [0.4, 0.5) is 0 Å². The maximum Gasteiger partial charge on any atom is 0.306 e. The fourth-order valence-electron chi connectivity index (χ4n) is 10.0.